The molecule has 1 amide bonds. The van der Waals surface area contributed by atoms with Gasteiger partial charge in [0.05, 0.1) is 12.1 Å². The molecule has 1 aromatic heterocycles. The van der Waals surface area contributed by atoms with Gasteiger partial charge in [0.15, 0.2) is 0 Å². The number of pyridine rings is 1. The predicted octanol–water partition coefficient (Wildman–Crippen LogP) is 1.42. The standard InChI is InChI=1S/C12H19N3O2/c1-8(2)17-12-10(6-5-7-14-12)15-11(16)9(3)13-4/h5-9,13H,1-4H3,(H,15,16). The Morgan fingerprint density at radius 3 is 2.71 bits per heavy atom. The first-order chi connectivity index (χ1) is 8.04. The van der Waals surface area contributed by atoms with E-state index in [1.54, 1.807) is 32.3 Å². The molecule has 5 heteroatoms. The number of hydrogen-bond donors (Lipinski definition) is 2. The molecule has 0 fully saturated rings. The highest BCUT2D eigenvalue weighted by molar-refractivity contribution is 5.95. The molecule has 0 radical (unpaired) electrons. The zero-order chi connectivity index (χ0) is 12.8. The van der Waals surface area contributed by atoms with E-state index >= 15 is 0 Å². The highest BCUT2D eigenvalue weighted by Gasteiger charge is 2.14. The van der Waals surface area contributed by atoms with Gasteiger partial charge in [-0.3, -0.25) is 4.79 Å². The molecule has 0 aliphatic rings. The number of rotatable bonds is 5. The highest BCUT2D eigenvalue weighted by atomic mass is 16.5. The first-order valence-corrected chi connectivity index (χ1v) is 5.64. The predicted molar refractivity (Wildman–Crippen MR) is 67.2 cm³/mol. The maximum Gasteiger partial charge on any atom is 0.241 e. The molecule has 2 N–H and O–H groups in total. The Balaban J connectivity index is 2.79. The van der Waals surface area contributed by atoms with Gasteiger partial charge in [-0.2, -0.15) is 0 Å². The molecule has 1 unspecified atom stereocenters. The average Bonchev–Trinajstić information content (AvgIpc) is 2.29. The summed E-state index contributed by atoms with van der Waals surface area (Å²) in [5.41, 5.74) is 0.591. The fraction of sp³-hybridized carbons (Fsp3) is 0.500. The summed E-state index contributed by atoms with van der Waals surface area (Å²) in [6, 6.07) is 3.26. The van der Waals surface area contributed by atoms with Gasteiger partial charge in [-0.15, -0.1) is 0 Å². The van der Waals surface area contributed by atoms with Crippen molar-refractivity contribution in [2.45, 2.75) is 32.9 Å². The number of amides is 1. The fourth-order valence-electron chi connectivity index (χ4n) is 1.18. The Labute approximate surface area is 102 Å². The minimum Gasteiger partial charge on any atom is -0.473 e. The zero-order valence-corrected chi connectivity index (χ0v) is 10.7. The van der Waals surface area contributed by atoms with E-state index < -0.39 is 0 Å². The zero-order valence-electron chi connectivity index (χ0n) is 10.7. The molecule has 0 aliphatic heterocycles. The van der Waals surface area contributed by atoms with Gasteiger partial charge in [0, 0.05) is 6.20 Å². The van der Waals surface area contributed by atoms with E-state index in [1.807, 2.05) is 13.8 Å². The number of likely N-dealkylation sites (N-methyl/N-ethyl adjacent to an activating group) is 1. The lowest BCUT2D eigenvalue weighted by Gasteiger charge is -2.15. The van der Waals surface area contributed by atoms with Crippen LogP contribution in [0.2, 0.25) is 0 Å². The minimum absolute atomic E-state index is 0.0160. The average molecular weight is 237 g/mol. The van der Waals surface area contributed by atoms with Crippen molar-refractivity contribution in [3.8, 4) is 5.88 Å². The van der Waals surface area contributed by atoms with Crippen LogP contribution in [0.25, 0.3) is 0 Å². The van der Waals surface area contributed by atoms with E-state index in [-0.39, 0.29) is 18.1 Å². The van der Waals surface area contributed by atoms with Crippen molar-refractivity contribution in [2.24, 2.45) is 0 Å². The third-order valence-corrected chi connectivity index (χ3v) is 2.20. The lowest BCUT2D eigenvalue weighted by atomic mass is 10.3. The fourth-order valence-corrected chi connectivity index (χ4v) is 1.18. The quantitative estimate of drug-likeness (QED) is 0.813. The lowest BCUT2D eigenvalue weighted by Crippen LogP contribution is -2.35. The largest absolute Gasteiger partial charge is 0.473 e. The topological polar surface area (TPSA) is 63.2 Å². The third-order valence-electron chi connectivity index (χ3n) is 2.20. The third kappa shape index (κ3) is 4.03. The van der Waals surface area contributed by atoms with E-state index in [0.717, 1.165) is 0 Å². The first kappa shape index (κ1) is 13.4. The van der Waals surface area contributed by atoms with Crippen LogP contribution in [0, 0.1) is 0 Å². The summed E-state index contributed by atoms with van der Waals surface area (Å²) in [6.07, 6.45) is 1.65. The molecule has 1 rings (SSSR count). The van der Waals surface area contributed by atoms with Crippen molar-refractivity contribution in [2.75, 3.05) is 12.4 Å². The summed E-state index contributed by atoms with van der Waals surface area (Å²) in [5.74, 6) is 0.327. The SMILES string of the molecule is CNC(C)C(=O)Nc1cccnc1OC(C)C. The molecule has 0 bridgehead atoms. The first-order valence-electron chi connectivity index (χ1n) is 5.64. The van der Waals surface area contributed by atoms with Crippen LogP contribution in [0.5, 0.6) is 5.88 Å². The number of nitrogens with zero attached hydrogens (tertiary/aromatic N) is 1. The van der Waals surface area contributed by atoms with Gasteiger partial charge >= 0.3 is 0 Å². The summed E-state index contributed by atoms with van der Waals surface area (Å²) in [6.45, 7) is 5.61. The summed E-state index contributed by atoms with van der Waals surface area (Å²) in [7, 11) is 1.74. The Morgan fingerprint density at radius 1 is 1.41 bits per heavy atom. The second-order valence-electron chi connectivity index (χ2n) is 4.02. The van der Waals surface area contributed by atoms with E-state index in [1.165, 1.54) is 0 Å². The van der Waals surface area contributed by atoms with E-state index in [9.17, 15) is 4.79 Å². The molecule has 17 heavy (non-hydrogen) atoms. The molecule has 0 saturated carbocycles. The molecule has 0 saturated heterocycles. The Morgan fingerprint density at radius 2 is 2.12 bits per heavy atom. The van der Waals surface area contributed by atoms with Crippen molar-refractivity contribution in [1.29, 1.82) is 0 Å². The maximum atomic E-state index is 11.7. The van der Waals surface area contributed by atoms with Crippen molar-refractivity contribution >= 4 is 11.6 Å². The minimum atomic E-state index is -0.262. The van der Waals surface area contributed by atoms with Crippen LogP contribution >= 0.6 is 0 Å². The van der Waals surface area contributed by atoms with Crippen LogP contribution in [0.4, 0.5) is 5.69 Å². The normalized spacial score (nSPS) is 12.3. The van der Waals surface area contributed by atoms with Crippen LogP contribution < -0.4 is 15.4 Å². The van der Waals surface area contributed by atoms with Gasteiger partial charge in [0.1, 0.15) is 5.69 Å². The molecule has 0 aromatic carbocycles. The number of anilines is 1. The monoisotopic (exact) mass is 237 g/mol. The summed E-state index contributed by atoms with van der Waals surface area (Å²) in [4.78, 5) is 15.8. The Bertz CT molecular complexity index is 380. The van der Waals surface area contributed by atoms with Crippen molar-refractivity contribution < 1.29 is 9.53 Å². The molecule has 1 aromatic rings. The molecule has 0 aliphatic carbocycles. The number of aromatic nitrogens is 1. The molecule has 1 atom stereocenters. The van der Waals surface area contributed by atoms with Crippen LogP contribution in [0.3, 0.4) is 0 Å². The molecule has 5 nitrogen and oxygen atoms in total. The van der Waals surface area contributed by atoms with Crippen molar-refractivity contribution in [3.05, 3.63) is 18.3 Å². The van der Waals surface area contributed by atoms with Crippen molar-refractivity contribution in [3.63, 3.8) is 0 Å². The smallest absolute Gasteiger partial charge is 0.241 e. The van der Waals surface area contributed by atoms with E-state index in [2.05, 4.69) is 15.6 Å². The second kappa shape index (κ2) is 6.20. The van der Waals surface area contributed by atoms with E-state index in [0.29, 0.717) is 11.6 Å². The van der Waals surface area contributed by atoms with Gasteiger partial charge in [-0.1, -0.05) is 0 Å². The molecule has 94 valence electrons. The highest BCUT2D eigenvalue weighted by Crippen LogP contribution is 2.21. The van der Waals surface area contributed by atoms with Crippen LogP contribution in [0.15, 0.2) is 18.3 Å². The Kier molecular flexibility index (Phi) is 4.90. The second-order valence-corrected chi connectivity index (χ2v) is 4.02. The summed E-state index contributed by atoms with van der Waals surface area (Å²) in [5, 5.41) is 5.65. The molecule has 1 heterocycles. The number of hydrogen-bond acceptors (Lipinski definition) is 4. The maximum absolute atomic E-state index is 11.7. The van der Waals surface area contributed by atoms with Gasteiger partial charge in [0.2, 0.25) is 11.8 Å². The number of carbonyl (C=O) groups is 1. The van der Waals surface area contributed by atoms with E-state index in [4.69, 9.17) is 4.74 Å². The van der Waals surface area contributed by atoms with Crippen molar-refractivity contribution in [1.82, 2.24) is 10.3 Å². The van der Waals surface area contributed by atoms with Gasteiger partial charge in [-0.25, -0.2) is 4.98 Å². The number of nitrogens with one attached hydrogen (secondary N) is 2. The van der Waals surface area contributed by atoms with Gasteiger partial charge in [0.25, 0.3) is 0 Å². The Hall–Kier alpha value is -1.62. The number of carbonyl (C=O) groups excluding carboxylic acids is 1. The molecular formula is C12H19N3O2. The molecular weight excluding hydrogens is 218 g/mol. The van der Waals surface area contributed by atoms with Crippen LogP contribution in [0.1, 0.15) is 20.8 Å². The molecule has 0 spiro atoms. The summed E-state index contributed by atoms with van der Waals surface area (Å²) < 4.78 is 5.51. The van der Waals surface area contributed by atoms with Crippen LogP contribution in [-0.2, 0) is 4.79 Å². The van der Waals surface area contributed by atoms with Crippen LogP contribution in [-0.4, -0.2) is 30.1 Å². The lowest BCUT2D eigenvalue weighted by molar-refractivity contribution is -0.117. The summed E-state index contributed by atoms with van der Waals surface area (Å²) >= 11 is 0. The van der Waals surface area contributed by atoms with Gasteiger partial charge in [-0.05, 0) is 40.0 Å². The number of ether oxygens (including phenoxy) is 1. The van der Waals surface area contributed by atoms with Gasteiger partial charge < -0.3 is 15.4 Å².